The largest absolute Gasteiger partial charge is 0.221 e. The topological polar surface area (TPSA) is 25.8 Å². The summed E-state index contributed by atoms with van der Waals surface area (Å²) in [5.74, 6) is 0.698. The van der Waals surface area contributed by atoms with Gasteiger partial charge in [-0.3, -0.25) is 0 Å². The fraction of sp³-hybridized carbons (Fsp3) is 0. The van der Waals surface area contributed by atoms with Gasteiger partial charge in [0.15, 0.2) is 5.82 Å². The van der Waals surface area contributed by atoms with Crippen molar-refractivity contribution < 1.29 is 0 Å². The van der Waals surface area contributed by atoms with Gasteiger partial charge in [-0.2, -0.15) is 0 Å². The molecule has 0 unspecified atom stereocenters. The van der Waals surface area contributed by atoms with E-state index in [1.165, 1.54) is 0 Å². The first-order valence-corrected chi connectivity index (χ1v) is 6.49. The smallest absolute Gasteiger partial charge is 0.161 e. The van der Waals surface area contributed by atoms with E-state index in [9.17, 15) is 0 Å². The average Bonchev–Trinajstić information content (AvgIpc) is 2.17. The van der Waals surface area contributed by atoms with Crippen molar-refractivity contribution in [2.45, 2.75) is 0 Å². The third-order valence-corrected chi connectivity index (χ3v) is 3.11. The Hall–Kier alpha value is -0.260. The number of benzene rings is 1. The molecule has 0 aliphatic carbocycles. The molecule has 2 aromatic rings. The highest BCUT2D eigenvalue weighted by atomic mass is 79.9. The van der Waals surface area contributed by atoms with Gasteiger partial charge in [0.2, 0.25) is 0 Å². The zero-order valence-electron chi connectivity index (χ0n) is 7.42. The van der Waals surface area contributed by atoms with Crippen LogP contribution >= 0.6 is 47.8 Å². The number of halogens is 3. The number of aromatic nitrogens is 2. The summed E-state index contributed by atoms with van der Waals surface area (Å²) in [5.41, 5.74) is 0.986. The maximum absolute atomic E-state index is 4.29. The van der Waals surface area contributed by atoms with Gasteiger partial charge in [0, 0.05) is 16.1 Å². The summed E-state index contributed by atoms with van der Waals surface area (Å²) in [4.78, 5) is 8.59. The number of hydrogen-bond donors (Lipinski definition) is 0. The summed E-state index contributed by atoms with van der Waals surface area (Å²) in [7, 11) is 0. The van der Waals surface area contributed by atoms with Gasteiger partial charge in [-0.15, -0.1) is 0 Å². The number of nitrogens with zero attached hydrogens (tertiary/aromatic N) is 2. The fourth-order valence-corrected chi connectivity index (χ4v) is 2.46. The van der Waals surface area contributed by atoms with E-state index < -0.39 is 0 Å². The Balaban J connectivity index is 2.49. The number of rotatable bonds is 1. The molecule has 1 aromatic carbocycles. The fourth-order valence-electron chi connectivity index (χ4n) is 1.12. The summed E-state index contributed by atoms with van der Waals surface area (Å²) in [6.45, 7) is 0. The summed E-state index contributed by atoms with van der Waals surface area (Å²) in [6, 6.07) is 9.68. The van der Waals surface area contributed by atoms with Crippen LogP contribution in [0.4, 0.5) is 0 Å². The van der Waals surface area contributed by atoms with E-state index in [2.05, 4.69) is 57.8 Å². The van der Waals surface area contributed by atoms with Crippen LogP contribution in [0.2, 0.25) is 0 Å². The van der Waals surface area contributed by atoms with Gasteiger partial charge < -0.3 is 0 Å². The molecule has 0 saturated heterocycles. The predicted molar refractivity (Wildman–Crippen MR) is 70.6 cm³/mol. The lowest BCUT2D eigenvalue weighted by Crippen LogP contribution is -1.89. The Kier molecular flexibility index (Phi) is 3.53. The summed E-state index contributed by atoms with van der Waals surface area (Å²) < 4.78 is 2.57. The van der Waals surface area contributed by atoms with Gasteiger partial charge in [-0.05, 0) is 44.0 Å². The highest BCUT2D eigenvalue weighted by Crippen LogP contribution is 2.22. The molecule has 0 radical (unpaired) electrons. The molecule has 5 heteroatoms. The van der Waals surface area contributed by atoms with Crippen LogP contribution in [0.25, 0.3) is 11.4 Å². The van der Waals surface area contributed by atoms with E-state index in [4.69, 9.17) is 0 Å². The Morgan fingerprint density at radius 3 is 1.87 bits per heavy atom. The normalized spacial score (nSPS) is 10.3. The molecule has 0 aliphatic rings. The predicted octanol–water partition coefficient (Wildman–Crippen LogP) is 4.43. The molecule has 0 amide bonds. The van der Waals surface area contributed by atoms with E-state index >= 15 is 0 Å². The molecule has 1 aromatic heterocycles. The maximum Gasteiger partial charge on any atom is 0.161 e. The lowest BCUT2D eigenvalue weighted by Gasteiger charge is -2.01. The van der Waals surface area contributed by atoms with Crippen molar-refractivity contribution in [1.29, 1.82) is 0 Å². The van der Waals surface area contributed by atoms with Gasteiger partial charge in [0.1, 0.15) is 9.21 Å². The van der Waals surface area contributed by atoms with Crippen molar-refractivity contribution in [2.75, 3.05) is 0 Å². The van der Waals surface area contributed by atoms with Crippen LogP contribution in [-0.2, 0) is 0 Å². The number of hydrogen-bond acceptors (Lipinski definition) is 2. The van der Waals surface area contributed by atoms with Crippen LogP contribution in [0.15, 0.2) is 44.0 Å². The summed E-state index contributed by atoms with van der Waals surface area (Å²) in [6.07, 6.45) is 0. The van der Waals surface area contributed by atoms with Crippen molar-refractivity contribution in [3.05, 3.63) is 44.0 Å². The van der Waals surface area contributed by atoms with Crippen molar-refractivity contribution in [1.82, 2.24) is 9.97 Å². The third kappa shape index (κ3) is 2.86. The molecule has 1 heterocycles. The molecule has 0 saturated carbocycles. The average molecular weight is 393 g/mol. The van der Waals surface area contributed by atoms with Gasteiger partial charge in [-0.1, -0.05) is 28.1 Å². The molecule has 0 fully saturated rings. The quantitative estimate of drug-likeness (QED) is 0.671. The second-order valence-corrected chi connectivity index (χ2v) is 5.38. The SMILES string of the molecule is Brc1ccc(-c2nc(Br)cc(Br)n2)cc1. The first-order valence-electron chi connectivity index (χ1n) is 4.11. The summed E-state index contributed by atoms with van der Waals surface area (Å²) >= 11 is 10.1. The second-order valence-electron chi connectivity index (χ2n) is 2.84. The van der Waals surface area contributed by atoms with Crippen LogP contribution in [0.3, 0.4) is 0 Å². The molecule has 0 atom stereocenters. The zero-order valence-corrected chi connectivity index (χ0v) is 12.2. The maximum atomic E-state index is 4.29. The first-order chi connectivity index (χ1) is 7.15. The molecular formula is C10H5Br3N2. The molecule has 0 aliphatic heterocycles. The Labute approximate surface area is 113 Å². The molecular weight excluding hydrogens is 388 g/mol. The van der Waals surface area contributed by atoms with Gasteiger partial charge in [0.05, 0.1) is 0 Å². The highest BCUT2D eigenvalue weighted by molar-refractivity contribution is 9.11. The molecule has 2 nitrogen and oxygen atoms in total. The van der Waals surface area contributed by atoms with Crippen LogP contribution < -0.4 is 0 Å². The van der Waals surface area contributed by atoms with Crippen LogP contribution in [-0.4, -0.2) is 9.97 Å². The Bertz CT molecular complexity index is 462. The van der Waals surface area contributed by atoms with Crippen molar-refractivity contribution in [3.63, 3.8) is 0 Å². The minimum absolute atomic E-state index is 0.698. The van der Waals surface area contributed by atoms with E-state index in [0.29, 0.717) is 5.82 Å². The summed E-state index contributed by atoms with van der Waals surface area (Å²) in [5, 5.41) is 0. The minimum atomic E-state index is 0.698. The third-order valence-electron chi connectivity index (χ3n) is 1.77. The molecule has 15 heavy (non-hydrogen) atoms. The molecule has 0 N–H and O–H groups in total. The Morgan fingerprint density at radius 2 is 1.33 bits per heavy atom. The van der Waals surface area contributed by atoms with Gasteiger partial charge in [-0.25, -0.2) is 9.97 Å². The standard InChI is InChI=1S/C10H5Br3N2/c11-7-3-1-6(2-4-7)10-14-8(12)5-9(13)15-10/h1-5H. The van der Waals surface area contributed by atoms with Crippen LogP contribution in [0.1, 0.15) is 0 Å². The molecule has 2 rings (SSSR count). The minimum Gasteiger partial charge on any atom is -0.221 e. The monoisotopic (exact) mass is 390 g/mol. The second kappa shape index (κ2) is 4.72. The van der Waals surface area contributed by atoms with Crippen molar-refractivity contribution in [2.24, 2.45) is 0 Å². The van der Waals surface area contributed by atoms with E-state index in [-0.39, 0.29) is 0 Å². The van der Waals surface area contributed by atoms with Gasteiger partial charge >= 0.3 is 0 Å². The van der Waals surface area contributed by atoms with Crippen LogP contribution in [0, 0.1) is 0 Å². The van der Waals surface area contributed by atoms with Gasteiger partial charge in [0.25, 0.3) is 0 Å². The highest BCUT2D eigenvalue weighted by Gasteiger charge is 2.03. The first kappa shape index (κ1) is 11.2. The molecule has 0 spiro atoms. The van der Waals surface area contributed by atoms with E-state index in [1.54, 1.807) is 0 Å². The Morgan fingerprint density at radius 1 is 0.800 bits per heavy atom. The van der Waals surface area contributed by atoms with E-state index in [0.717, 1.165) is 19.2 Å². The lowest BCUT2D eigenvalue weighted by molar-refractivity contribution is 1.12. The van der Waals surface area contributed by atoms with E-state index in [1.807, 2.05) is 30.3 Å². The van der Waals surface area contributed by atoms with Crippen molar-refractivity contribution in [3.8, 4) is 11.4 Å². The lowest BCUT2D eigenvalue weighted by atomic mass is 10.2. The zero-order chi connectivity index (χ0) is 10.8. The van der Waals surface area contributed by atoms with Crippen molar-refractivity contribution >= 4 is 47.8 Å². The molecule has 0 bridgehead atoms. The van der Waals surface area contributed by atoms with Crippen LogP contribution in [0.5, 0.6) is 0 Å². The molecule has 76 valence electrons.